The van der Waals surface area contributed by atoms with Crippen LogP contribution in [0.2, 0.25) is 0 Å². The summed E-state index contributed by atoms with van der Waals surface area (Å²) in [4.78, 5) is 28.9. The normalized spacial score (nSPS) is 11.3. The van der Waals surface area contributed by atoms with Gasteiger partial charge in [-0.1, -0.05) is 194 Å². The standard InChI is InChI=1S/C74H101N7/c1-7-13-19-25-34-60-40-31-43-66(52-60)79(70-55-63(46-49-75-70)37-28-22-16-10-4)69-58-73(80(67-44-32-41-61(53-67)35-26-20-14-8-2)71-56-64(47-50-76-71)38-29-23-17-11-5)78-74(59-69)81(68-45-33-42-62(54-68)36-27-21-15-9-3)72-57-65(48-51-77-72)39-30-24-18-12-6/h31-33,40-59H,7-30,34-39H2,1-6H3. The van der Waals surface area contributed by atoms with E-state index in [4.69, 9.17) is 19.9 Å². The molecule has 0 atom stereocenters. The molecule has 81 heavy (non-hydrogen) atoms. The molecule has 7 nitrogen and oxygen atoms in total. The zero-order chi connectivity index (χ0) is 56.7. The van der Waals surface area contributed by atoms with Crippen molar-refractivity contribution >= 4 is 51.8 Å². The minimum Gasteiger partial charge on any atom is -0.295 e. The highest BCUT2D eigenvalue weighted by atomic mass is 15.3. The second-order valence-corrected chi connectivity index (χ2v) is 23.0. The minimum absolute atomic E-state index is 0.786. The maximum absolute atomic E-state index is 5.95. The van der Waals surface area contributed by atoms with E-state index in [1.54, 1.807) is 0 Å². The molecule has 7 rings (SSSR count). The molecule has 0 aliphatic rings. The molecule has 4 aromatic heterocycles. The van der Waals surface area contributed by atoms with Crippen molar-refractivity contribution in [1.29, 1.82) is 0 Å². The van der Waals surface area contributed by atoms with E-state index in [-0.39, 0.29) is 0 Å². The first-order valence-corrected chi connectivity index (χ1v) is 32.5. The van der Waals surface area contributed by atoms with Gasteiger partial charge < -0.3 is 0 Å². The molecule has 0 fully saturated rings. The van der Waals surface area contributed by atoms with Crippen molar-refractivity contribution in [2.24, 2.45) is 0 Å². The van der Waals surface area contributed by atoms with Crippen molar-refractivity contribution in [1.82, 2.24) is 19.9 Å². The summed E-state index contributed by atoms with van der Waals surface area (Å²) in [6.07, 6.45) is 41.3. The first-order valence-electron chi connectivity index (χ1n) is 32.5. The van der Waals surface area contributed by atoms with Crippen LogP contribution in [0.3, 0.4) is 0 Å². The van der Waals surface area contributed by atoms with Gasteiger partial charge in [0.25, 0.3) is 0 Å². The number of anilines is 9. The maximum Gasteiger partial charge on any atom is 0.143 e. The Hall–Kier alpha value is -6.34. The molecule has 7 aromatic rings. The third kappa shape index (κ3) is 20.0. The van der Waals surface area contributed by atoms with Crippen LogP contribution in [0, 0.1) is 0 Å². The molecule has 432 valence electrons. The monoisotopic (exact) mass is 1090 g/mol. The van der Waals surface area contributed by atoms with Crippen LogP contribution in [0.15, 0.2) is 140 Å². The van der Waals surface area contributed by atoms with Gasteiger partial charge in [-0.15, -0.1) is 0 Å². The van der Waals surface area contributed by atoms with Crippen LogP contribution in [0.4, 0.5) is 51.8 Å². The largest absolute Gasteiger partial charge is 0.295 e. The van der Waals surface area contributed by atoms with Gasteiger partial charge in [-0.05, 0) is 183 Å². The Morgan fingerprint density at radius 1 is 0.247 bits per heavy atom. The van der Waals surface area contributed by atoms with E-state index in [0.29, 0.717) is 0 Å². The fourth-order valence-corrected chi connectivity index (χ4v) is 11.3. The van der Waals surface area contributed by atoms with Crippen molar-refractivity contribution in [2.75, 3.05) is 14.7 Å². The Morgan fingerprint density at radius 2 is 0.519 bits per heavy atom. The highest BCUT2D eigenvalue weighted by molar-refractivity contribution is 5.85. The molecule has 0 spiro atoms. The highest BCUT2D eigenvalue weighted by Gasteiger charge is 2.26. The van der Waals surface area contributed by atoms with Gasteiger partial charge in [0.1, 0.15) is 29.1 Å². The first kappa shape index (κ1) is 62.3. The highest BCUT2D eigenvalue weighted by Crippen LogP contribution is 2.44. The third-order valence-corrected chi connectivity index (χ3v) is 16.0. The zero-order valence-corrected chi connectivity index (χ0v) is 51.1. The number of rotatable bonds is 39. The van der Waals surface area contributed by atoms with Crippen LogP contribution in [0.25, 0.3) is 0 Å². The topological polar surface area (TPSA) is 61.3 Å². The number of benzene rings is 3. The Kier molecular flexibility index (Phi) is 27.3. The van der Waals surface area contributed by atoms with E-state index >= 15 is 0 Å². The second-order valence-electron chi connectivity index (χ2n) is 23.0. The van der Waals surface area contributed by atoms with Gasteiger partial charge in [0.15, 0.2) is 0 Å². The Bertz CT molecular complexity index is 2390. The lowest BCUT2D eigenvalue weighted by molar-refractivity contribution is 0.666. The Balaban J connectivity index is 1.52. The summed E-state index contributed by atoms with van der Waals surface area (Å²) >= 11 is 0. The van der Waals surface area contributed by atoms with Crippen molar-refractivity contribution in [3.63, 3.8) is 0 Å². The smallest absolute Gasteiger partial charge is 0.143 e. The zero-order valence-electron chi connectivity index (χ0n) is 51.1. The predicted molar refractivity (Wildman–Crippen MR) is 349 cm³/mol. The van der Waals surface area contributed by atoms with Crippen molar-refractivity contribution < 1.29 is 0 Å². The summed E-state index contributed by atoms with van der Waals surface area (Å²) in [7, 11) is 0. The SMILES string of the molecule is CCCCCCc1cccc(N(c2cc(N(c3cccc(CCCCCC)c3)c3cc(CCCCCC)ccn3)nc(N(c3cccc(CCCCCC)c3)c3cc(CCCCCC)ccn3)c2)c2cc(CCCCCC)ccn2)c1. The quantitative estimate of drug-likeness (QED) is 0.0356. The summed E-state index contributed by atoms with van der Waals surface area (Å²) in [6.45, 7) is 13.7. The molecular formula is C74H101N7. The Morgan fingerprint density at radius 3 is 0.815 bits per heavy atom. The molecular weight excluding hydrogens is 987 g/mol. The lowest BCUT2D eigenvalue weighted by atomic mass is 10.0. The van der Waals surface area contributed by atoms with Crippen LogP contribution in [0.5, 0.6) is 0 Å². The van der Waals surface area contributed by atoms with Gasteiger partial charge in [-0.25, -0.2) is 19.9 Å². The van der Waals surface area contributed by atoms with Gasteiger partial charge in [0.2, 0.25) is 0 Å². The van der Waals surface area contributed by atoms with Gasteiger partial charge >= 0.3 is 0 Å². The summed E-state index contributed by atoms with van der Waals surface area (Å²) in [5.41, 5.74) is 12.1. The molecule has 0 amide bonds. The molecule has 4 heterocycles. The number of hydrogen-bond acceptors (Lipinski definition) is 7. The molecule has 0 unspecified atom stereocenters. The van der Waals surface area contributed by atoms with Gasteiger partial charge in [-0.3, -0.25) is 14.7 Å². The van der Waals surface area contributed by atoms with Crippen LogP contribution < -0.4 is 14.7 Å². The molecule has 0 N–H and O–H groups in total. The number of nitrogens with zero attached hydrogens (tertiary/aromatic N) is 7. The molecule has 0 aliphatic heterocycles. The fourth-order valence-electron chi connectivity index (χ4n) is 11.3. The van der Waals surface area contributed by atoms with Gasteiger partial charge in [-0.2, -0.15) is 0 Å². The lowest BCUT2D eigenvalue weighted by Gasteiger charge is -2.31. The average molecular weight is 1090 g/mol. The second kappa shape index (κ2) is 35.5. The number of pyridine rings is 4. The van der Waals surface area contributed by atoms with Crippen LogP contribution in [-0.2, 0) is 38.5 Å². The van der Waals surface area contributed by atoms with Crippen LogP contribution in [0.1, 0.15) is 229 Å². The summed E-state index contributed by atoms with van der Waals surface area (Å²) in [6, 6.07) is 45.8. The van der Waals surface area contributed by atoms with Crippen molar-refractivity contribution in [2.45, 2.75) is 234 Å². The number of hydrogen-bond donors (Lipinski definition) is 0. The molecule has 0 saturated heterocycles. The molecule has 0 saturated carbocycles. The van der Waals surface area contributed by atoms with E-state index in [1.807, 2.05) is 18.6 Å². The van der Waals surface area contributed by atoms with E-state index in [2.05, 4.69) is 178 Å². The first-order chi connectivity index (χ1) is 39.9. The molecule has 3 aromatic carbocycles. The lowest BCUT2D eigenvalue weighted by Crippen LogP contribution is -2.20. The van der Waals surface area contributed by atoms with Gasteiger partial charge in [0.05, 0.1) is 5.69 Å². The van der Waals surface area contributed by atoms with E-state index in [0.717, 1.165) is 122 Å². The Labute approximate surface area is 491 Å². The summed E-state index contributed by atoms with van der Waals surface area (Å²) < 4.78 is 0. The van der Waals surface area contributed by atoms with Crippen molar-refractivity contribution in [3.8, 4) is 0 Å². The van der Waals surface area contributed by atoms with E-state index in [1.165, 1.54) is 155 Å². The number of aryl methyl sites for hydroxylation is 6. The molecule has 0 bridgehead atoms. The van der Waals surface area contributed by atoms with Crippen LogP contribution in [-0.4, -0.2) is 19.9 Å². The number of aromatic nitrogens is 4. The molecule has 7 heteroatoms. The number of unbranched alkanes of at least 4 members (excludes halogenated alkanes) is 18. The van der Waals surface area contributed by atoms with E-state index < -0.39 is 0 Å². The third-order valence-electron chi connectivity index (χ3n) is 16.0. The fraction of sp³-hybridized carbons (Fsp3) is 0.486. The maximum atomic E-state index is 5.95. The summed E-state index contributed by atoms with van der Waals surface area (Å²) in [5.74, 6) is 4.20. The molecule has 0 radical (unpaired) electrons. The van der Waals surface area contributed by atoms with Gasteiger partial charge in [0, 0.05) is 47.8 Å². The molecule has 0 aliphatic carbocycles. The van der Waals surface area contributed by atoms with Crippen LogP contribution >= 0.6 is 0 Å². The van der Waals surface area contributed by atoms with Crippen molar-refractivity contribution in [3.05, 3.63) is 173 Å². The minimum atomic E-state index is 0.786. The van der Waals surface area contributed by atoms with E-state index in [9.17, 15) is 0 Å². The average Bonchev–Trinajstić information content (AvgIpc) is 3.52. The predicted octanol–water partition coefficient (Wildman–Crippen LogP) is 22.4. The summed E-state index contributed by atoms with van der Waals surface area (Å²) in [5, 5.41) is 0.